The molecule has 3 aromatic carbocycles. The lowest BCUT2D eigenvalue weighted by atomic mass is 9.77. The lowest BCUT2D eigenvalue weighted by molar-refractivity contribution is -0.134. The molecule has 204 valence electrons. The number of carbonyl (C=O) groups excluding carboxylic acids is 2. The van der Waals surface area contributed by atoms with Gasteiger partial charge < -0.3 is 10.1 Å². The van der Waals surface area contributed by atoms with Crippen LogP contribution in [0.5, 0.6) is 0 Å². The van der Waals surface area contributed by atoms with E-state index in [1.54, 1.807) is 33.9 Å². The predicted molar refractivity (Wildman–Crippen MR) is 153 cm³/mol. The first-order valence-corrected chi connectivity index (χ1v) is 13.3. The molecule has 0 aromatic heterocycles. The number of rotatable bonds is 4. The number of fused-ring (bicyclic) bond motifs is 1. The Balaban J connectivity index is 1.58. The molecule has 0 bridgehead atoms. The van der Waals surface area contributed by atoms with Crippen LogP contribution in [0.25, 0.3) is 11.1 Å². The van der Waals surface area contributed by atoms with Crippen molar-refractivity contribution in [3.63, 3.8) is 0 Å². The second-order valence-electron chi connectivity index (χ2n) is 11.4. The first kappa shape index (κ1) is 27.1. The molecular formula is C32H33N5O3. The van der Waals surface area contributed by atoms with E-state index in [9.17, 15) is 14.9 Å². The molecule has 40 heavy (non-hydrogen) atoms. The Labute approximate surface area is 234 Å². The largest absolute Gasteiger partial charge is 0.442 e. The SMILES string of the molecule is CN1C(=O)C2CN(Cc3ccccc3)CC2(c2cccc(-c3cccc(C#N)c3)c2)N/C1=N/C(=O)OC(C)(C)C. The molecule has 8 heteroatoms. The average Bonchev–Trinajstić information content (AvgIpc) is 3.30. The number of guanidine groups is 1. The van der Waals surface area contributed by atoms with Crippen molar-refractivity contribution >= 4 is 18.0 Å². The lowest BCUT2D eigenvalue weighted by Gasteiger charge is -2.44. The van der Waals surface area contributed by atoms with Crippen LogP contribution in [0.3, 0.4) is 0 Å². The number of nitrogens with zero attached hydrogens (tertiary/aromatic N) is 4. The summed E-state index contributed by atoms with van der Waals surface area (Å²) in [5.74, 6) is -0.373. The predicted octanol–water partition coefficient (Wildman–Crippen LogP) is 4.91. The Bertz CT molecular complexity index is 1500. The first-order chi connectivity index (χ1) is 19.1. The zero-order chi connectivity index (χ0) is 28.5. The molecule has 5 rings (SSSR count). The quantitative estimate of drug-likeness (QED) is 0.510. The maximum atomic E-state index is 13.9. The second kappa shape index (κ2) is 10.6. The van der Waals surface area contributed by atoms with Gasteiger partial charge in [-0.05, 0) is 61.2 Å². The normalized spacial score (nSPS) is 22.0. The fourth-order valence-electron chi connectivity index (χ4n) is 5.52. The van der Waals surface area contributed by atoms with Crippen LogP contribution in [-0.2, 0) is 21.6 Å². The summed E-state index contributed by atoms with van der Waals surface area (Å²) >= 11 is 0. The number of hydrogen-bond donors (Lipinski definition) is 1. The molecule has 1 N–H and O–H groups in total. The molecule has 2 aliphatic rings. The molecular weight excluding hydrogens is 502 g/mol. The fraction of sp³-hybridized carbons (Fsp3) is 0.312. The van der Waals surface area contributed by atoms with Gasteiger partial charge in [-0.3, -0.25) is 14.6 Å². The van der Waals surface area contributed by atoms with Crippen molar-refractivity contribution in [3.05, 3.63) is 95.6 Å². The molecule has 2 fully saturated rings. The first-order valence-electron chi connectivity index (χ1n) is 13.3. The molecule has 2 unspecified atom stereocenters. The van der Waals surface area contributed by atoms with E-state index < -0.39 is 23.2 Å². The molecule has 2 aliphatic heterocycles. The van der Waals surface area contributed by atoms with Gasteiger partial charge in [0.2, 0.25) is 11.9 Å². The van der Waals surface area contributed by atoms with E-state index in [0.29, 0.717) is 25.2 Å². The van der Waals surface area contributed by atoms with Crippen LogP contribution in [-0.4, -0.2) is 53.5 Å². The fourth-order valence-corrected chi connectivity index (χ4v) is 5.52. The number of aliphatic imine (C=N–C) groups is 1. The van der Waals surface area contributed by atoms with E-state index in [2.05, 4.69) is 39.5 Å². The number of likely N-dealkylation sites (tertiary alicyclic amines) is 1. The third kappa shape index (κ3) is 5.47. The summed E-state index contributed by atoms with van der Waals surface area (Å²) in [5, 5.41) is 12.9. The van der Waals surface area contributed by atoms with Gasteiger partial charge in [0.25, 0.3) is 0 Å². The van der Waals surface area contributed by atoms with E-state index in [1.165, 1.54) is 4.90 Å². The van der Waals surface area contributed by atoms with Crippen molar-refractivity contribution in [1.29, 1.82) is 5.26 Å². The number of nitriles is 1. The molecule has 2 heterocycles. The monoisotopic (exact) mass is 535 g/mol. The van der Waals surface area contributed by atoms with E-state index in [1.807, 2.05) is 54.6 Å². The van der Waals surface area contributed by atoms with Crippen LogP contribution in [0.15, 0.2) is 83.9 Å². The summed E-state index contributed by atoms with van der Waals surface area (Å²) in [7, 11) is 1.63. The molecule has 0 saturated carbocycles. The molecule has 2 atom stereocenters. The van der Waals surface area contributed by atoms with Gasteiger partial charge in [0, 0.05) is 26.7 Å². The molecule has 8 nitrogen and oxygen atoms in total. The highest BCUT2D eigenvalue weighted by molar-refractivity contribution is 6.05. The topological polar surface area (TPSA) is 98.0 Å². The number of amides is 2. The Morgan fingerprint density at radius 1 is 1.07 bits per heavy atom. The van der Waals surface area contributed by atoms with Gasteiger partial charge in [0.1, 0.15) is 5.60 Å². The molecule has 2 saturated heterocycles. The third-order valence-electron chi connectivity index (χ3n) is 7.33. The molecule has 0 spiro atoms. The highest BCUT2D eigenvalue weighted by Crippen LogP contribution is 2.42. The zero-order valence-corrected chi connectivity index (χ0v) is 23.2. The highest BCUT2D eigenvalue weighted by atomic mass is 16.6. The van der Waals surface area contributed by atoms with Crippen molar-refractivity contribution in [2.24, 2.45) is 10.9 Å². The molecule has 3 aromatic rings. The molecule has 0 aliphatic carbocycles. The minimum absolute atomic E-state index is 0.117. The number of ether oxygens (including phenoxy) is 1. The summed E-state index contributed by atoms with van der Waals surface area (Å²) in [4.78, 5) is 34.5. The molecule has 0 radical (unpaired) electrons. The van der Waals surface area contributed by atoms with Gasteiger partial charge in [-0.1, -0.05) is 60.7 Å². The van der Waals surface area contributed by atoms with Crippen LogP contribution in [0.4, 0.5) is 4.79 Å². The van der Waals surface area contributed by atoms with Crippen molar-refractivity contribution in [3.8, 4) is 17.2 Å². The van der Waals surface area contributed by atoms with Crippen LogP contribution in [0.2, 0.25) is 0 Å². The maximum absolute atomic E-state index is 13.9. The van der Waals surface area contributed by atoms with Gasteiger partial charge in [-0.15, -0.1) is 4.99 Å². The van der Waals surface area contributed by atoms with Crippen molar-refractivity contribution in [2.75, 3.05) is 20.1 Å². The number of nitrogens with one attached hydrogen (secondary N) is 1. The van der Waals surface area contributed by atoms with E-state index in [0.717, 1.165) is 22.3 Å². The van der Waals surface area contributed by atoms with Crippen molar-refractivity contribution in [1.82, 2.24) is 15.1 Å². The van der Waals surface area contributed by atoms with Crippen molar-refractivity contribution < 1.29 is 14.3 Å². The average molecular weight is 536 g/mol. The number of carbonyl (C=O) groups is 2. The smallest absolute Gasteiger partial charge is 0.437 e. The molecule has 2 amide bonds. The van der Waals surface area contributed by atoms with Gasteiger partial charge in [-0.2, -0.15) is 5.26 Å². The summed E-state index contributed by atoms with van der Waals surface area (Å²) < 4.78 is 5.43. The van der Waals surface area contributed by atoms with Crippen molar-refractivity contribution in [2.45, 2.75) is 38.5 Å². The van der Waals surface area contributed by atoms with Crippen LogP contribution >= 0.6 is 0 Å². The Morgan fingerprint density at radius 2 is 1.77 bits per heavy atom. The Hall–Kier alpha value is -4.48. The summed E-state index contributed by atoms with van der Waals surface area (Å²) in [6, 6.07) is 27.8. The van der Waals surface area contributed by atoms with Crippen LogP contribution in [0.1, 0.15) is 37.5 Å². The standard InChI is InChI=1S/C32H33N5O3/c1-31(2,3)40-30(39)34-29-35-32(26-15-9-14-25(17-26)24-13-8-12-23(16-24)18-33)21-37(19-22-10-6-5-7-11-22)20-27(32)28(38)36(29)4/h5-17,27H,19-21H2,1-4H3,(H,34,35,39). The van der Waals surface area contributed by atoms with Gasteiger partial charge in [0.15, 0.2) is 0 Å². The van der Waals surface area contributed by atoms with Crippen LogP contribution < -0.4 is 5.32 Å². The minimum atomic E-state index is -0.831. The zero-order valence-electron chi connectivity index (χ0n) is 23.2. The lowest BCUT2D eigenvalue weighted by Crippen LogP contribution is -2.65. The van der Waals surface area contributed by atoms with Gasteiger partial charge in [-0.25, -0.2) is 4.79 Å². The third-order valence-corrected chi connectivity index (χ3v) is 7.33. The Kier molecular flexibility index (Phi) is 7.17. The van der Waals surface area contributed by atoms with Gasteiger partial charge in [0.05, 0.1) is 23.1 Å². The number of benzene rings is 3. The van der Waals surface area contributed by atoms with Crippen LogP contribution in [0, 0.1) is 17.2 Å². The van der Waals surface area contributed by atoms with E-state index in [-0.39, 0.29) is 11.9 Å². The Morgan fingerprint density at radius 3 is 2.48 bits per heavy atom. The minimum Gasteiger partial charge on any atom is -0.442 e. The van der Waals surface area contributed by atoms with E-state index >= 15 is 0 Å². The summed E-state index contributed by atoms with van der Waals surface area (Å²) in [5.41, 5.74) is 2.94. The van der Waals surface area contributed by atoms with E-state index in [4.69, 9.17) is 4.74 Å². The summed E-state index contributed by atoms with van der Waals surface area (Å²) in [6.07, 6.45) is -0.760. The summed E-state index contributed by atoms with van der Waals surface area (Å²) in [6.45, 7) is 7.07. The highest BCUT2D eigenvalue weighted by Gasteiger charge is 2.56. The van der Waals surface area contributed by atoms with Gasteiger partial charge >= 0.3 is 6.09 Å². The maximum Gasteiger partial charge on any atom is 0.437 e. The number of hydrogen-bond acceptors (Lipinski definition) is 5. The second-order valence-corrected chi connectivity index (χ2v) is 11.4.